The molecular formula is C38H46Ca2F2N6O9S2. The molecule has 0 fully saturated rings. The summed E-state index contributed by atoms with van der Waals surface area (Å²) in [6.45, 7) is 6.98. The number of aliphatic carboxylic acids is 1. The summed E-state index contributed by atoms with van der Waals surface area (Å²) in [6, 6.07) is 10.2. The molecule has 1 unspecified atom stereocenters. The molecule has 0 aliphatic carbocycles. The summed E-state index contributed by atoms with van der Waals surface area (Å²) in [6.07, 6.45) is -1.59. The maximum atomic E-state index is 14.2. The fourth-order valence-electron chi connectivity index (χ4n) is 5.78. The minimum atomic E-state index is -4.53. The first-order valence-electron chi connectivity index (χ1n) is 17.7. The summed E-state index contributed by atoms with van der Waals surface area (Å²) >= 11 is 0. The Labute approximate surface area is 402 Å². The molecule has 0 saturated heterocycles. The zero-order valence-electron chi connectivity index (χ0n) is 33.8. The van der Waals surface area contributed by atoms with Gasteiger partial charge in [-0.05, 0) is 60.4 Å². The van der Waals surface area contributed by atoms with Gasteiger partial charge in [-0.25, -0.2) is 54.2 Å². The van der Waals surface area contributed by atoms with Gasteiger partial charge in [0.2, 0.25) is 31.9 Å². The summed E-state index contributed by atoms with van der Waals surface area (Å²) in [5.41, 5.74) is 1.51. The van der Waals surface area contributed by atoms with E-state index in [0.717, 1.165) is 27.0 Å². The van der Waals surface area contributed by atoms with E-state index in [2.05, 4.69) is 19.9 Å². The third-order valence-electron chi connectivity index (χ3n) is 8.84. The number of aromatic nitrogens is 4. The second-order valence-electron chi connectivity index (χ2n) is 14.1. The molecule has 3 atom stereocenters. The molecule has 4 N–H and O–H groups in total. The van der Waals surface area contributed by atoms with Gasteiger partial charge in [0.05, 0.1) is 59.5 Å². The van der Waals surface area contributed by atoms with E-state index in [1.54, 1.807) is 27.7 Å². The van der Waals surface area contributed by atoms with Crippen LogP contribution in [0.4, 0.5) is 20.7 Å². The van der Waals surface area contributed by atoms with Crippen molar-refractivity contribution in [3.63, 3.8) is 0 Å². The van der Waals surface area contributed by atoms with Crippen molar-refractivity contribution in [1.82, 2.24) is 19.9 Å². The van der Waals surface area contributed by atoms with E-state index in [1.807, 2.05) is 0 Å². The third kappa shape index (κ3) is 13.8. The Morgan fingerprint density at radius 2 is 1.20 bits per heavy atom. The van der Waals surface area contributed by atoms with Gasteiger partial charge in [-0.15, -0.1) is 0 Å². The van der Waals surface area contributed by atoms with Gasteiger partial charge in [0.25, 0.3) is 0 Å². The molecule has 15 nitrogen and oxygen atoms in total. The Balaban J connectivity index is 0.00000600. The summed E-state index contributed by atoms with van der Waals surface area (Å²) in [4.78, 5) is 29.0. The van der Waals surface area contributed by atoms with Crippen LogP contribution in [0, 0.1) is 11.6 Å². The minimum absolute atomic E-state index is 0. The van der Waals surface area contributed by atoms with Crippen LogP contribution in [0.5, 0.6) is 0 Å². The van der Waals surface area contributed by atoms with Crippen LogP contribution in [0.1, 0.15) is 81.0 Å². The first kappa shape index (κ1) is 52.7. The van der Waals surface area contributed by atoms with Gasteiger partial charge in [-0.2, -0.15) is 0 Å². The van der Waals surface area contributed by atoms with Crippen molar-refractivity contribution in [2.75, 3.05) is 34.7 Å². The van der Waals surface area contributed by atoms with Crippen LogP contribution >= 0.6 is 0 Å². The number of anilines is 2. The fourth-order valence-corrected chi connectivity index (χ4v) is 7.27. The van der Waals surface area contributed by atoms with Crippen LogP contribution in [0.3, 0.4) is 0 Å². The van der Waals surface area contributed by atoms with E-state index in [4.69, 9.17) is 5.11 Å². The molecule has 2 heterocycles. The SMILES string of the molecule is CC(C)c1nc(N(C)S(=O)(=O)CC(O)c2c(-c3ccc(F)cc3)nc(N(C)S(C)(=O)=O)nc2C(C)C)nc(-c2ccc(F)cc2)c1/C=C/[C@@H](O)C[C@@H](O)CC(=O)O.[Ca].[Ca]. The number of rotatable bonds is 17. The number of nitrogens with zero attached hydrogens (tertiary/aromatic N) is 6. The Morgan fingerprint density at radius 1 is 0.746 bits per heavy atom. The fraction of sp³-hybridized carbons (Fsp3) is 0.395. The van der Waals surface area contributed by atoms with Crippen molar-refractivity contribution >= 4 is 119 Å². The predicted molar refractivity (Wildman–Crippen MR) is 223 cm³/mol. The van der Waals surface area contributed by atoms with E-state index in [0.29, 0.717) is 16.8 Å². The average molecular weight is 913 g/mol. The van der Waals surface area contributed by atoms with Crippen LogP contribution < -0.4 is 8.61 Å². The number of aliphatic hydroxyl groups excluding tert-OH is 3. The Kier molecular flexibility index (Phi) is 19.7. The first-order chi connectivity index (χ1) is 26.5. The van der Waals surface area contributed by atoms with Crippen molar-refractivity contribution in [2.45, 2.75) is 70.7 Å². The molecule has 59 heavy (non-hydrogen) atoms. The zero-order valence-corrected chi connectivity index (χ0v) is 39.8. The molecule has 4 aromatic rings. The number of carboxylic acid groups (broad SMARTS) is 1. The standard InChI is InChI=1S/C38H46F2N6O9S2.2Ca/c1-21(2)33-29(17-16-27(47)18-28(48)19-31(50)51)35(23-8-12-25(39)13-9-23)43-38(41-33)46(6)57(54,55)20-30(49)32-34(22(3)4)42-37(45(5)56(7,52)53)44-36(32)24-10-14-26(40)15-11-24;;/h8-17,21-22,27-28,30,47-49H,18-20H2,1-7H3,(H,50,51);;/b17-16+;;/t27-,28-,30?;;/m1../s1. The number of benzene rings is 2. The van der Waals surface area contributed by atoms with Crippen LogP contribution in [0.2, 0.25) is 0 Å². The van der Waals surface area contributed by atoms with Gasteiger partial charge >= 0.3 is 5.97 Å². The number of sulfonamides is 2. The second-order valence-corrected chi connectivity index (χ2v) is 18.1. The molecule has 312 valence electrons. The van der Waals surface area contributed by atoms with Crippen LogP contribution in [-0.4, -0.2) is 177 Å². The number of carboxylic acids is 1. The zero-order chi connectivity index (χ0) is 42.6. The van der Waals surface area contributed by atoms with Crippen LogP contribution in [0.15, 0.2) is 54.6 Å². The van der Waals surface area contributed by atoms with Crippen molar-refractivity contribution in [3.05, 3.63) is 88.8 Å². The average Bonchev–Trinajstić information content (AvgIpc) is 3.12. The van der Waals surface area contributed by atoms with Gasteiger partial charge in [0.1, 0.15) is 11.6 Å². The summed E-state index contributed by atoms with van der Waals surface area (Å²) < 4.78 is 83.0. The van der Waals surface area contributed by atoms with E-state index in [1.165, 1.54) is 62.6 Å². The maximum absolute atomic E-state index is 14.2. The number of aliphatic hydroxyl groups is 3. The monoisotopic (exact) mass is 912 g/mol. The smallest absolute Gasteiger partial charge is 0.305 e. The molecule has 0 aliphatic heterocycles. The normalized spacial score (nSPS) is 13.5. The van der Waals surface area contributed by atoms with Gasteiger partial charge in [0, 0.05) is 118 Å². The minimum Gasteiger partial charge on any atom is -0.481 e. The Hall–Kier alpha value is -2.43. The van der Waals surface area contributed by atoms with Crippen molar-refractivity contribution in [2.24, 2.45) is 0 Å². The molecule has 2 aromatic carbocycles. The molecule has 0 amide bonds. The first-order valence-corrected chi connectivity index (χ1v) is 21.2. The van der Waals surface area contributed by atoms with Crippen LogP contribution in [0.25, 0.3) is 28.6 Å². The van der Waals surface area contributed by atoms with Gasteiger partial charge in [-0.1, -0.05) is 39.8 Å². The summed E-state index contributed by atoms with van der Waals surface area (Å²) in [7, 11) is -5.96. The van der Waals surface area contributed by atoms with Crippen molar-refractivity contribution in [3.8, 4) is 22.5 Å². The van der Waals surface area contributed by atoms with E-state index >= 15 is 0 Å². The Morgan fingerprint density at radius 3 is 1.68 bits per heavy atom. The Bertz CT molecular complexity index is 2340. The molecule has 0 aliphatic rings. The molecule has 0 bridgehead atoms. The third-order valence-corrected chi connectivity index (χ3v) is 11.7. The van der Waals surface area contributed by atoms with Gasteiger partial charge in [0.15, 0.2) is 0 Å². The maximum Gasteiger partial charge on any atom is 0.305 e. The second kappa shape index (κ2) is 22.1. The van der Waals surface area contributed by atoms with E-state index in [9.17, 15) is 45.7 Å². The topological polar surface area (TPSA) is 224 Å². The molecule has 4 radical (unpaired) electrons. The predicted octanol–water partition coefficient (Wildman–Crippen LogP) is 3.86. The number of hydrogen-bond acceptors (Lipinski definition) is 12. The van der Waals surface area contributed by atoms with Gasteiger partial charge in [-0.3, -0.25) is 4.79 Å². The molecular weight excluding hydrogens is 867 g/mol. The quantitative estimate of drug-likeness (QED) is 0.111. The summed E-state index contributed by atoms with van der Waals surface area (Å²) in [5, 5.41) is 41.4. The molecule has 2 aromatic heterocycles. The van der Waals surface area contributed by atoms with E-state index < -0.39 is 74.1 Å². The van der Waals surface area contributed by atoms with Crippen molar-refractivity contribution < 1.29 is 50.8 Å². The van der Waals surface area contributed by atoms with Crippen molar-refractivity contribution in [1.29, 1.82) is 0 Å². The van der Waals surface area contributed by atoms with Crippen LogP contribution in [-0.2, 0) is 24.8 Å². The largest absolute Gasteiger partial charge is 0.481 e. The number of hydrogen-bond donors (Lipinski definition) is 4. The van der Waals surface area contributed by atoms with E-state index in [-0.39, 0.29) is 128 Å². The molecule has 0 saturated carbocycles. The summed E-state index contributed by atoms with van der Waals surface area (Å²) in [5.74, 6) is -4.76. The molecule has 21 heteroatoms. The number of halogens is 2. The molecule has 4 rings (SSSR count). The van der Waals surface area contributed by atoms with Gasteiger partial charge < -0.3 is 20.4 Å². The molecule has 0 spiro atoms. The number of carbonyl (C=O) groups is 1.